The minimum absolute atomic E-state index is 0.105. The van der Waals surface area contributed by atoms with E-state index in [4.69, 9.17) is 4.74 Å². The maximum absolute atomic E-state index is 13.9. The highest BCUT2D eigenvalue weighted by molar-refractivity contribution is 6.06. The van der Waals surface area contributed by atoms with Gasteiger partial charge in [-0.3, -0.25) is 9.59 Å². The van der Waals surface area contributed by atoms with Crippen molar-refractivity contribution in [2.24, 2.45) is 0 Å². The summed E-state index contributed by atoms with van der Waals surface area (Å²) in [5.41, 5.74) is 1.73. The van der Waals surface area contributed by atoms with Crippen molar-refractivity contribution in [3.63, 3.8) is 0 Å². The van der Waals surface area contributed by atoms with Crippen LogP contribution in [0.15, 0.2) is 72.8 Å². The van der Waals surface area contributed by atoms with E-state index >= 15 is 0 Å². The van der Waals surface area contributed by atoms with Crippen molar-refractivity contribution in [3.8, 4) is 0 Å². The van der Waals surface area contributed by atoms with Crippen LogP contribution in [-0.4, -0.2) is 24.9 Å². The average molecular weight is 420 g/mol. The molecule has 0 spiro atoms. The molecule has 3 rings (SSSR count). The lowest BCUT2D eigenvalue weighted by Gasteiger charge is -2.17. The molecule has 6 nitrogen and oxygen atoms in total. The molecule has 2 N–H and O–H groups in total. The van der Waals surface area contributed by atoms with Gasteiger partial charge in [-0.05, 0) is 42.3 Å². The number of carbonyl (C=O) groups excluding carboxylic acids is 3. The second-order valence-corrected chi connectivity index (χ2v) is 6.80. The zero-order valence-electron chi connectivity index (χ0n) is 17.0. The molecular weight excluding hydrogens is 399 g/mol. The molecule has 3 aromatic carbocycles. The van der Waals surface area contributed by atoms with Gasteiger partial charge in [0.25, 0.3) is 11.8 Å². The van der Waals surface area contributed by atoms with E-state index in [2.05, 4.69) is 10.6 Å². The van der Waals surface area contributed by atoms with E-state index in [1.165, 1.54) is 31.4 Å². The van der Waals surface area contributed by atoms with E-state index in [1.54, 1.807) is 55.5 Å². The van der Waals surface area contributed by atoms with E-state index in [0.717, 1.165) is 0 Å². The molecular formula is C24H21FN2O4. The van der Waals surface area contributed by atoms with Gasteiger partial charge in [-0.25, -0.2) is 9.18 Å². The summed E-state index contributed by atoms with van der Waals surface area (Å²) in [6.45, 7) is 1.75. The number of esters is 1. The highest BCUT2D eigenvalue weighted by Gasteiger charge is 2.24. The molecule has 7 heteroatoms. The minimum atomic E-state index is -0.989. The lowest BCUT2D eigenvalue weighted by molar-refractivity contribution is -0.143. The Hall–Kier alpha value is -4.00. The number of hydrogen-bond acceptors (Lipinski definition) is 4. The first-order chi connectivity index (χ1) is 14.9. The monoisotopic (exact) mass is 420 g/mol. The molecule has 0 heterocycles. The van der Waals surface area contributed by atoms with E-state index < -0.39 is 29.6 Å². The number of carbonyl (C=O) groups is 3. The van der Waals surface area contributed by atoms with Crippen molar-refractivity contribution in [1.29, 1.82) is 0 Å². The first kappa shape index (κ1) is 21.7. The van der Waals surface area contributed by atoms with E-state index in [9.17, 15) is 18.8 Å². The SMILES string of the molecule is COC(=O)C(NC(=O)c1ccc(C)c(NC(=O)c2ccccc2F)c1)c1ccccc1. The normalized spacial score (nSPS) is 11.3. The van der Waals surface area contributed by atoms with Crippen LogP contribution >= 0.6 is 0 Å². The second kappa shape index (κ2) is 9.67. The van der Waals surface area contributed by atoms with Gasteiger partial charge < -0.3 is 15.4 Å². The van der Waals surface area contributed by atoms with E-state index in [0.29, 0.717) is 16.8 Å². The molecule has 0 saturated carbocycles. The van der Waals surface area contributed by atoms with Crippen molar-refractivity contribution in [1.82, 2.24) is 5.32 Å². The Kier molecular flexibility index (Phi) is 6.77. The van der Waals surface area contributed by atoms with Crippen molar-refractivity contribution in [3.05, 3.63) is 101 Å². The molecule has 0 aliphatic heterocycles. The molecule has 1 unspecified atom stereocenters. The fourth-order valence-electron chi connectivity index (χ4n) is 2.99. The second-order valence-electron chi connectivity index (χ2n) is 6.80. The number of aryl methyl sites for hydroxylation is 1. The molecule has 0 radical (unpaired) electrons. The maximum Gasteiger partial charge on any atom is 0.333 e. The third-order valence-corrected chi connectivity index (χ3v) is 4.71. The minimum Gasteiger partial charge on any atom is -0.467 e. The average Bonchev–Trinajstić information content (AvgIpc) is 2.79. The van der Waals surface area contributed by atoms with Crippen molar-refractivity contribution < 1.29 is 23.5 Å². The summed E-state index contributed by atoms with van der Waals surface area (Å²) in [6, 6.07) is 18.0. The molecule has 0 fully saturated rings. The van der Waals surface area contributed by atoms with Crippen LogP contribution in [0.1, 0.15) is 37.9 Å². The van der Waals surface area contributed by atoms with Crippen molar-refractivity contribution in [2.75, 3.05) is 12.4 Å². The number of nitrogens with one attached hydrogen (secondary N) is 2. The largest absolute Gasteiger partial charge is 0.467 e. The number of ether oxygens (including phenoxy) is 1. The summed E-state index contributed by atoms with van der Waals surface area (Å²) < 4.78 is 18.7. The van der Waals surface area contributed by atoms with Gasteiger partial charge in [0, 0.05) is 11.3 Å². The van der Waals surface area contributed by atoms with Crippen molar-refractivity contribution in [2.45, 2.75) is 13.0 Å². The Bertz CT molecular complexity index is 1120. The molecule has 0 bridgehead atoms. The summed E-state index contributed by atoms with van der Waals surface area (Å²) in [7, 11) is 1.24. The van der Waals surface area contributed by atoms with E-state index in [-0.39, 0.29) is 11.1 Å². The Morgan fingerprint density at radius 3 is 2.26 bits per heavy atom. The third kappa shape index (κ3) is 5.14. The van der Waals surface area contributed by atoms with Gasteiger partial charge in [0.2, 0.25) is 0 Å². The first-order valence-corrected chi connectivity index (χ1v) is 9.51. The maximum atomic E-state index is 13.9. The summed E-state index contributed by atoms with van der Waals surface area (Å²) in [4.78, 5) is 37.5. The Balaban J connectivity index is 1.83. The lowest BCUT2D eigenvalue weighted by atomic mass is 10.1. The molecule has 3 aromatic rings. The molecule has 0 aliphatic rings. The summed E-state index contributed by atoms with van der Waals surface area (Å²) in [5, 5.41) is 5.29. The van der Waals surface area contributed by atoms with E-state index in [1.807, 2.05) is 0 Å². The first-order valence-electron chi connectivity index (χ1n) is 9.51. The lowest BCUT2D eigenvalue weighted by Crippen LogP contribution is -2.34. The van der Waals surface area contributed by atoms with Crippen LogP contribution in [0.3, 0.4) is 0 Å². The number of benzene rings is 3. The van der Waals surface area contributed by atoms with Gasteiger partial charge in [-0.15, -0.1) is 0 Å². The van der Waals surface area contributed by atoms with Crippen LogP contribution in [0, 0.1) is 12.7 Å². The van der Waals surface area contributed by atoms with Gasteiger partial charge in [0.05, 0.1) is 12.7 Å². The predicted molar refractivity (Wildman–Crippen MR) is 114 cm³/mol. The summed E-state index contributed by atoms with van der Waals surface area (Å²) in [5.74, 6) is -2.41. The Labute approximate surface area is 179 Å². The Morgan fingerprint density at radius 1 is 0.903 bits per heavy atom. The van der Waals surface area contributed by atoms with Crippen LogP contribution in [-0.2, 0) is 9.53 Å². The molecule has 158 valence electrons. The predicted octanol–water partition coefficient (Wildman–Crippen LogP) is 4.03. The number of anilines is 1. The van der Waals surface area contributed by atoms with Crippen LogP contribution in [0.25, 0.3) is 0 Å². The van der Waals surface area contributed by atoms with Gasteiger partial charge in [0.15, 0.2) is 6.04 Å². The van der Waals surface area contributed by atoms with Crippen molar-refractivity contribution >= 4 is 23.5 Å². The molecule has 2 amide bonds. The summed E-state index contributed by atoms with van der Waals surface area (Å²) >= 11 is 0. The zero-order chi connectivity index (χ0) is 22.4. The third-order valence-electron chi connectivity index (χ3n) is 4.71. The van der Waals surface area contributed by atoms with Gasteiger partial charge in [-0.2, -0.15) is 0 Å². The number of hydrogen-bond donors (Lipinski definition) is 2. The smallest absolute Gasteiger partial charge is 0.333 e. The highest BCUT2D eigenvalue weighted by atomic mass is 19.1. The quantitative estimate of drug-likeness (QED) is 0.590. The van der Waals surface area contributed by atoms with Crippen LogP contribution < -0.4 is 10.6 Å². The zero-order valence-corrected chi connectivity index (χ0v) is 17.0. The molecule has 31 heavy (non-hydrogen) atoms. The Morgan fingerprint density at radius 2 is 1.58 bits per heavy atom. The number of rotatable bonds is 6. The fourth-order valence-corrected chi connectivity index (χ4v) is 2.99. The van der Waals surface area contributed by atoms with Crippen LogP contribution in [0.2, 0.25) is 0 Å². The number of methoxy groups -OCH3 is 1. The van der Waals surface area contributed by atoms with Crippen LogP contribution in [0.5, 0.6) is 0 Å². The molecule has 0 aliphatic carbocycles. The fraction of sp³-hybridized carbons (Fsp3) is 0.125. The van der Waals surface area contributed by atoms with Gasteiger partial charge in [-0.1, -0.05) is 48.5 Å². The van der Waals surface area contributed by atoms with Gasteiger partial charge in [0.1, 0.15) is 5.82 Å². The molecule has 0 saturated heterocycles. The summed E-state index contributed by atoms with van der Waals surface area (Å²) in [6.07, 6.45) is 0. The molecule has 0 aromatic heterocycles. The van der Waals surface area contributed by atoms with Crippen LogP contribution in [0.4, 0.5) is 10.1 Å². The highest BCUT2D eigenvalue weighted by Crippen LogP contribution is 2.20. The number of amides is 2. The number of halogens is 1. The topological polar surface area (TPSA) is 84.5 Å². The van der Waals surface area contributed by atoms with Gasteiger partial charge >= 0.3 is 5.97 Å². The standard InChI is InChI=1S/C24H21FN2O4/c1-15-12-13-17(14-20(15)26-23(29)18-10-6-7-11-19(18)25)22(28)27-21(24(30)31-2)16-8-4-3-5-9-16/h3-14,21H,1-2H3,(H,26,29)(H,27,28). The molecule has 1 atom stereocenters.